The number of hydrogen-bond acceptors (Lipinski definition) is 5. The molecule has 0 aliphatic rings. The molecule has 5 nitrogen and oxygen atoms in total. The Hall–Kier alpha value is -0.800. The number of nitrogens with one attached hydrogen (secondary N) is 1. The number of rotatable bonds is 3. The van der Waals surface area contributed by atoms with E-state index < -0.39 is 0 Å². The van der Waals surface area contributed by atoms with E-state index >= 15 is 0 Å². The predicted octanol–water partition coefficient (Wildman–Crippen LogP) is 1.95. The number of hydrogen-bond donors (Lipinski definition) is 1. The van der Waals surface area contributed by atoms with Crippen LogP contribution in [-0.2, 0) is 11.3 Å². The van der Waals surface area contributed by atoms with E-state index in [1.165, 1.54) is 11.3 Å². The zero-order valence-electron chi connectivity index (χ0n) is 9.28. The van der Waals surface area contributed by atoms with Crippen LogP contribution in [0.3, 0.4) is 0 Å². The Labute approximate surface area is 115 Å². The van der Waals surface area contributed by atoms with Crippen molar-refractivity contribution in [3.05, 3.63) is 30.0 Å². The maximum absolute atomic E-state index is 11.7. The van der Waals surface area contributed by atoms with Crippen molar-refractivity contribution in [3.63, 3.8) is 0 Å². The number of ether oxygens (including phenoxy) is 1. The van der Waals surface area contributed by atoms with Gasteiger partial charge in [0.05, 0.1) is 17.3 Å². The van der Waals surface area contributed by atoms with Crippen molar-refractivity contribution >= 4 is 33.9 Å². The first kappa shape index (κ1) is 12.7. The van der Waals surface area contributed by atoms with Crippen LogP contribution in [0.15, 0.2) is 10.2 Å². The first-order chi connectivity index (χ1) is 8.11. The summed E-state index contributed by atoms with van der Waals surface area (Å²) in [5, 5.41) is 2.81. The van der Waals surface area contributed by atoms with Crippen LogP contribution in [0.5, 0.6) is 0 Å². The number of H-pyrrole nitrogens is 1. The molecule has 2 rings (SSSR count). The molecule has 17 heavy (non-hydrogen) atoms. The molecular weight excluding hydrogens is 353 g/mol. The van der Waals surface area contributed by atoms with E-state index in [0.29, 0.717) is 27.4 Å². The molecule has 0 radical (unpaired) electrons. The molecule has 0 aliphatic carbocycles. The van der Waals surface area contributed by atoms with Crippen molar-refractivity contribution < 1.29 is 4.74 Å². The summed E-state index contributed by atoms with van der Waals surface area (Å²) >= 11 is 3.49. The van der Waals surface area contributed by atoms with E-state index in [1.807, 2.05) is 34.9 Å². The van der Waals surface area contributed by atoms with Crippen molar-refractivity contribution in [1.29, 1.82) is 0 Å². The summed E-state index contributed by atoms with van der Waals surface area (Å²) in [6.07, 6.45) is 0. The van der Waals surface area contributed by atoms with Gasteiger partial charge in [-0.2, -0.15) is 0 Å². The van der Waals surface area contributed by atoms with Gasteiger partial charge < -0.3 is 9.72 Å². The van der Waals surface area contributed by atoms with Crippen molar-refractivity contribution in [3.8, 4) is 11.5 Å². The monoisotopic (exact) mass is 363 g/mol. The van der Waals surface area contributed by atoms with Crippen LogP contribution < -0.4 is 5.56 Å². The van der Waals surface area contributed by atoms with E-state index in [2.05, 4.69) is 15.0 Å². The Morgan fingerprint density at radius 2 is 2.29 bits per heavy atom. The van der Waals surface area contributed by atoms with E-state index in [4.69, 9.17) is 4.74 Å². The number of nitrogens with zero attached hydrogens (tertiary/aromatic N) is 2. The van der Waals surface area contributed by atoms with E-state index in [-0.39, 0.29) is 5.56 Å². The van der Waals surface area contributed by atoms with Crippen LogP contribution in [0.4, 0.5) is 0 Å². The van der Waals surface area contributed by atoms with Gasteiger partial charge in [0, 0.05) is 12.5 Å². The van der Waals surface area contributed by atoms with Crippen molar-refractivity contribution in [2.45, 2.75) is 13.5 Å². The fourth-order valence-electron chi connectivity index (χ4n) is 1.33. The lowest BCUT2D eigenvalue weighted by atomic mass is 10.4. The van der Waals surface area contributed by atoms with Gasteiger partial charge in [-0.3, -0.25) is 4.79 Å². The summed E-state index contributed by atoms with van der Waals surface area (Å²) < 4.78 is 5.58. The molecule has 0 saturated carbocycles. The van der Waals surface area contributed by atoms with Crippen LogP contribution >= 0.6 is 33.9 Å². The lowest BCUT2D eigenvalue weighted by Gasteiger charge is -2.03. The lowest BCUT2D eigenvalue weighted by Crippen LogP contribution is -2.16. The fourth-order valence-corrected chi connectivity index (χ4v) is 2.34. The van der Waals surface area contributed by atoms with Gasteiger partial charge in [-0.05, 0) is 29.5 Å². The Bertz CT molecular complexity index is 593. The predicted molar refractivity (Wildman–Crippen MR) is 74.1 cm³/mol. The number of halogens is 1. The van der Waals surface area contributed by atoms with E-state index in [9.17, 15) is 4.79 Å². The Kier molecular flexibility index (Phi) is 3.89. The second-order valence-corrected chi connectivity index (χ2v) is 5.50. The molecule has 2 aromatic rings. The van der Waals surface area contributed by atoms with Crippen LogP contribution in [-0.4, -0.2) is 22.1 Å². The second-order valence-electron chi connectivity index (χ2n) is 3.36. The Balaban J connectivity index is 2.52. The van der Waals surface area contributed by atoms with Gasteiger partial charge in [0.15, 0.2) is 5.82 Å². The van der Waals surface area contributed by atoms with Crippen molar-refractivity contribution in [2.75, 3.05) is 7.11 Å². The van der Waals surface area contributed by atoms with Crippen molar-refractivity contribution in [1.82, 2.24) is 15.0 Å². The van der Waals surface area contributed by atoms with Gasteiger partial charge in [0.2, 0.25) is 0 Å². The first-order valence-electron chi connectivity index (χ1n) is 4.82. The molecule has 90 valence electrons. The molecule has 0 saturated heterocycles. The standard InChI is InChI=1S/C10H10IN3O2S/c1-5-12-7(4-17-5)9-13-6(3-16-2)8(11)10(15)14-9/h4H,3H2,1-2H3,(H,13,14,15). The van der Waals surface area contributed by atoms with Crippen LogP contribution in [0, 0.1) is 10.5 Å². The third-order valence-electron chi connectivity index (χ3n) is 2.07. The zero-order chi connectivity index (χ0) is 12.4. The van der Waals surface area contributed by atoms with Gasteiger partial charge in [-0.15, -0.1) is 11.3 Å². The molecule has 7 heteroatoms. The Morgan fingerprint density at radius 1 is 1.53 bits per heavy atom. The molecular formula is C10H10IN3O2S. The smallest absolute Gasteiger partial charge is 0.265 e. The lowest BCUT2D eigenvalue weighted by molar-refractivity contribution is 0.180. The zero-order valence-corrected chi connectivity index (χ0v) is 12.3. The van der Waals surface area contributed by atoms with Crippen LogP contribution in [0.25, 0.3) is 11.5 Å². The van der Waals surface area contributed by atoms with E-state index in [0.717, 1.165) is 5.01 Å². The molecule has 0 spiro atoms. The second kappa shape index (κ2) is 5.23. The van der Waals surface area contributed by atoms with Gasteiger partial charge >= 0.3 is 0 Å². The summed E-state index contributed by atoms with van der Waals surface area (Å²) in [7, 11) is 1.58. The minimum Gasteiger partial charge on any atom is -0.378 e. The number of thiazole rings is 1. The molecule has 0 atom stereocenters. The highest BCUT2D eigenvalue weighted by atomic mass is 127. The maximum atomic E-state index is 11.7. The topological polar surface area (TPSA) is 67.9 Å². The average molecular weight is 363 g/mol. The SMILES string of the molecule is COCc1nc(-c2csc(C)n2)[nH]c(=O)c1I. The van der Waals surface area contributed by atoms with E-state index in [1.54, 1.807) is 7.11 Å². The fraction of sp³-hybridized carbons (Fsp3) is 0.300. The quantitative estimate of drug-likeness (QED) is 0.847. The Morgan fingerprint density at radius 3 is 2.88 bits per heavy atom. The number of aromatic amines is 1. The summed E-state index contributed by atoms with van der Waals surface area (Å²) in [6, 6.07) is 0. The minimum absolute atomic E-state index is 0.159. The highest BCUT2D eigenvalue weighted by Gasteiger charge is 2.11. The molecule has 0 amide bonds. The minimum atomic E-state index is -0.159. The van der Waals surface area contributed by atoms with Gasteiger partial charge in [-0.1, -0.05) is 0 Å². The van der Waals surface area contributed by atoms with Gasteiger partial charge in [0.1, 0.15) is 9.26 Å². The highest BCUT2D eigenvalue weighted by Crippen LogP contribution is 2.18. The summed E-state index contributed by atoms with van der Waals surface area (Å²) in [4.78, 5) is 23.1. The molecule has 0 unspecified atom stereocenters. The van der Waals surface area contributed by atoms with Crippen LogP contribution in [0.1, 0.15) is 10.7 Å². The molecule has 1 N–H and O–H groups in total. The highest BCUT2D eigenvalue weighted by molar-refractivity contribution is 14.1. The van der Waals surface area contributed by atoms with Gasteiger partial charge in [0.25, 0.3) is 5.56 Å². The summed E-state index contributed by atoms with van der Waals surface area (Å²) in [5.74, 6) is 0.492. The number of aryl methyl sites for hydroxylation is 1. The first-order valence-corrected chi connectivity index (χ1v) is 6.77. The average Bonchev–Trinajstić information content (AvgIpc) is 2.71. The summed E-state index contributed by atoms with van der Waals surface area (Å²) in [5.41, 5.74) is 1.17. The van der Waals surface area contributed by atoms with Crippen molar-refractivity contribution in [2.24, 2.45) is 0 Å². The molecule has 0 bridgehead atoms. The number of aromatic nitrogens is 3. The third kappa shape index (κ3) is 2.72. The molecule has 0 aliphatic heterocycles. The number of methoxy groups -OCH3 is 1. The third-order valence-corrected chi connectivity index (χ3v) is 3.96. The molecule has 0 aromatic carbocycles. The molecule has 0 fully saturated rings. The van der Waals surface area contributed by atoms with Gasteiger partial charge in [-0.25, -0.2) is 9.97 Å². The van der Waals surface area contributed by atoms with Crippen LogP contribution in [0.2, 0.25) is 0 Å². The molecule has 2 heterocycles. The summed E-state index contributed by atoms with van der Waals surface area (Å²) in [6.45, 7) is 2.23. The molecule has 2 aromatic heterocycles. The normalized spacial score (nSPS) is 10.8. The largest absolute Gasteiger partial charge is 0.378 e. The maximum Gasteiger partial charge on any atom is 0.265 e.